The average molecular weight is 292 g/mol. The minimum absolute atomic E-state index is 0.167. The highest BCUT2D eigenvalue weighted by atomic mass is 16.5. The highest BCUT2D eigenvalue weighted by molar-refractivity contribution is 5.94. The van der Waals surface area contributed by atoms with Gasteiger partial charge in [-0.25, -0.2) is 0 Å². The number of nitrogens with one attached hydrogen (secondary N) is 1. The molecule has 1 aromatic carbocycles. The Morgan fingerprint density at radius 3 is 2.86 bits per heavy atom. The van der Waals surface area contributed by atoms with Crippen molar-refractivity contribution in [3.05, 3.63) is 18.2 Å². The van der Waals surface area contributed by atoms with Crippen LogP contribution >= 0.6 is 0 Å². The Morgan fingerprint density at radius 2 is 2.24 bits per heavy atom. The zero-order valence-corrected chi connectivity index (χ0v) is 12.0. The Hall–Kier alpha value is -2.28. The maximum absolute atomic E-state index is 12.1. The van der Waals surface area contributed by atoms with Gasteiger partial charge in [0.1, 0.15) is 5.75 Å². The van der Waals surface area contributed by atoms with Gasteiger partial charge in [-0.05, 0) is 31.2 Å². The standard InChI is InChI=1S/C14H20N4O3/c1-21-12-3-2-10(15)6-11(12)17-13(19)8-18-5-4-9(7-18)14(16)20/h2-3,6,9H,4-5,7-8,15H2,1H3,(H2,16,20)(H,17,19). The highest BCUT2D eigenvalue weighted by Gasteiger charge is 2.27. The average Bonchev–Trinajstić information content (AvgIpc) is 2.87. The molecule has 0 spiro atoms. The van der Waals surface area contributed by atoms with Gasteiger partial charge in [0.2, 0.25) is 11.8 Å². The molecule has 1 heterocycles. The van der Waals surface area contributed by atoms with E-state index in [0.717, 1.165) is 0 Å². The summed E-state index contributed by atoms with van der Waals surface area (Å²) in [6.45, 7) is 1.42. The minimum atomic E-state index is -0.310. The molecule has 1 atom stereocenters. The second kappa shape index (κ2) is 6.45. The molecule has 2 amide bonds. The lowest BCUT2D eigenvalue weighted by molar-refractivity contribution is -0.122. The van der Waals surface area contributed by atoms with Gasteiger partial charge in [0, 0.05) is 12.2 Å². The predicted octanol–water partition coefficient (Wildman–Crippen LogP) is 0.0231. The summed E-state index contributed by atoms with van der Waals surface area (Å²) in [4.78, 5) is 25.1. The largest absolute Gasteiger partial charge is 0.495 e. The van der Waals surface area contributed by atoms with Crippen LogP contribution in [0.1, 0.15) is 6.42 Å². The van der Waals surface area contributed by atoms with Crippen LogP contribution in [0.4, 0.5) is 11.4 Å². The van der Waals surface area contributed by atoms with Crippen LogP contribution < -0.4 is 21.5 Å². The van der Waals surface area contributed by atoms with Gasteiger partial charge in [0.25, 0.3) is 0 Å². The van der Waals surface area contributed by atoms with E-state index in [1.807, 2.05) is 4.90 Å². The van der Waals surface area contributed by atoms with Crippen molar-refractivity contribution in [1.29, 1.82) is 0 Å². The fourth-order valence-electron chi connectivity index (χ4n) is 2.42. The molecule has 7 heteroatoms. The van der Waals surface area contributed by atoms with Gasteiger partial charge in [-0.1, -0.05) is 0 Å². The minimum Gasteiger partial charge on any atom is -0.495 e. The molecule has 0 bridgehead atoms. The van der Waals surface area contributed by atoms with Gasteiger partial charge in [-0.2, -0.15) is 0 Å². The van der Waals surface area contributed by atoms with Crippen molar-refractivity contribution in [2.24, 2.45) is 11.7 Å². The first-order chi connectivity index (χ1) is 9.99. The highest BCUT2D eigenvalue weighted by Crippen LogP contribution is 2.26. The van der Waals surface area contributed by atoms with E-state index in [4.69, 9.17) is 16.2 Å². The van der Waals surface area contributed by atoms with Crippen molar-refractivity contribution < 1.29 is 14.3 Å². The topological polar surface area (TPSA) is 111 Å². The maximum atomic E-state index is 12.1. The number of ether oxygens (including phenoxy) is 1. The number of carbonyl (C=O) groups excluding carboxylic acids is 2. The van der Waals surface area contributed by atoms with Gasteiger partial charge in [-0.15, -0.1) is 0 Å². The third-order valence-corrected chi connectivity index (χ3v) is 3.54. The molecule has 0 radical (unpaired) electrons. The lowest BCUT2D eigenvalue weighted by atomic mass is 10.1. The lowest BCUT2D eigenvalue weighted by Crippen LogP contribution is -2.33. The molecule has 114 valence electrons. The first kappa shape index (κ1) is 15.1. The molecule has 21 heavy (non-hydrogen) atoms. The molecular formula is C14H20N4O3. The quantitative estimate of drug-likeness (QED) is 0.663. The Morgan fingerprint density at radius 1 is 1.48 bits per heavy atom. The number of primary amides is 1. The first-order valence-electron chi connectivity index (χ1n) is 6.74. The molecule has 1 saturated heterocycles. The summed E-state index contributed by atoms with van der Waals surface area (Å²) in [5.41, 5.74) is 12.1. The summed E-state index contributed by atoms with van der Waals surface area (Å²) >= 11 is 0. The zero-order chi connectivity index (χ0) is 15.4. The van der Waals surface area contributed by atoms with Crippen LogP contribution in [-0.4, -0.2) is 43.5 Å². The Balaban J connectivity index is 1.93. The first-order valence-corrected chi connectivity index (χ1v) is 6.74. The van der Waals surface area contributed by atoms with Crippen molar-refractivity contribution in [3.8, 4) is 5.75 Å². The molecule has 1 fully saturated rings. The van der Waals surface area contributed by atoms with Gasteiger partial charge in [-0.3, -0.25) is 14.5 Å². The second-order valence-corrected chi connectivity index (χ2v) is 5.13. The number of nitrogen functional groups attached to an aromatic ring is 1. The van der Waals surface area contributed by atoms with E-state index < -0.39 is 0 Å². The molecule has 1 aliphatic rings. The summed E-state index contributed by atoms with van der Waals surface area (Å²) in [5.74, 6) is -0.104. The molecule has 2 rings (SSSR count). The van der Waals surface area contributed by atoms with E-state index in [1.54, 1.807) is 18.2 Å². The number of anilines is 2. The Labute approximate surface area is 123 Å². The van der Waals surface area contributed by atoms with Crippen LogP contribution in [0.2, 0.25) is 0 Å². The third-order valence-electron chi connectivity index (χ3n) is 3.54. The van der Waals surface area contributed by atoms with Crippen LogP contribution in [-0.2, 0) is 9.59 Å². The molecular weight excluding hydrogens is 272 g/mol. The number of nitrogens with two attached hydrogens (primary N) is 2. The van der Waals surface area contributed by atoms with E-state index in [9.17, 15) is 9.59 Å². The number of rotatable bonds is 5. The molecule has 1 aliphatic heterocycles. The number of hydrogen-bond acceptors (Lipinski definition) is 5. The molecule has 1 aromatic rings. The molecule has 0 aliphatic carbocycles. The van der Waals surface area contributed by atoms with Crippen LogP contribution in [0, 0.1) is 5.92 Å². The fraction of sp³-hybridized carbons (Fsp3) is 0.429. The van der Waals surface area contributed by atoms with E-state index in [2.05, 4.69) is 5.32 Å². The molecule has 7 nitrogen and oxygen atoms in total. The fourth-order valence-corrected chi connectivity index (χ4v) is 2.42. The van der Waals surface area contributed by atoms with Crippen molar-refractivity contribution in [3.63, 3.8) is 0 Å². The summed E-state index contributed by atoms with van der Waals surface area (Å²) < 4.78 is 5.17. The molecule has 0 saturated carbocycles. The number of likely N-dealkylation sites (tertiary alicyclic amines) is 1. The number of amides is 2. The summed E-state index contributed by atoms with van der Waals surface area (Å²) in [7, 11) is 1.53. The number of hydrogen-bond donors (Lipinski definition) is 3. The number of carbonyl (C=O) groups is 2. The smallest absolute Gasteiger partial charge is 0.238 e. The van der Waals surface area contributed by atoms with Crippen molar-refractivity contribution >= 4 is 23.2 Å². The van der Waals surface area contributed by atoms with Crippen molar-refractivity contribution in [1.82, 2.24) is 4.90 Å². The zero-order valence-electron chi connectivity index (χ0n) is 12.0. The predicted molar refractivity (Wildman–Crippen MR) is 79.8 cm³/mol. The normalized spacial score (nSPS) is 18.4. The summed E-state index contributed by atoms with van der Waals surface area (Å²) in [5, 5.41) is 2.77. The lowest BCUT2D eigenvalue weighted by Gasteiger charge is -2.16. The van der Waals surface area contributed by atoms with Gasteiger partial charge >= 0.3 is 0 Å². The second-order valence-electron chi connectivity index (χ2n) is 5.13. The Kier molecular flexibility index (Phi) is 4.64. The molecule has 1 unspecified atom stereocenters. The Bertz CT molecular complexity index is 547. The maximum Gasteiger partial charge on any atom is 0.238 e. The number of nitrogens with zero attached hydrogens (tertiary/aromatic N) is 1. The van der Waals surface area contributed by atoms with E-state index in [-0.39, 0.29) is 24.3 Å². The van der Waals surface area contributed by atoms with E-state index in [0.29, 0.717) is 36.6 Å². The van der Waals surface area contributed by atoms with Crippen LogP contribution in [0.3, 0.4) is 0 Å². The third kappa shape index (κ3) is 3.85. The van der Waals surface area contributed by atoms with Gasteiger partial charge < -0.3 is 21.5 Å². The number of benzene rings is 1. The summed E-state index contributed by atoms with van der Waals surface area (Å²) in [6.07, 6.45) is 0.699. The van der Waals surface area contributed by atoms with Crippen molar-refractivity contribution in [2.75, 3.05) is 37.8 Å². The van der Waals surface area contributed by atoms with E-state index >= 15 is 0 Å². The van der Waals surface area contributed by atoms with Crippen molar-refractivity contribution in [2.45, 2.75) is 6.42 Å². The molecule has 0 aromatic heterocycles. The SMILES string of the molecule is COc1ccc(N)cc1NC(=O)CN1CCC(C(N)=O)C1. The number of methoxy groups -OCH3 is 1. The van der Waals surface area contributed by atoms with Gasteiger partial charge in [0.05, 0.1) is 25.3 Å². The van der Waals surface area contributed by atoms with Crippen LogP contribution in [0.25, 0.3) is 0 Å². The van der Waals surface area contributed by atoms with E-state index in [1.165, 1.54) is 7.11 Å². The molecule has 5 N–H and O–H groups in total. The summed E-state index contributed by atoms with van der Waals surface area (Å²) in [6, 6.07) is 5.04. The van der Waals surface area contributed by atoms with Crippen LogP contribution in [0.5, 0.6) is 5.75 Å². The monoisotopic (exact) mass is 292 g/mol. The van der Waals surface area contributed by atoms with Crippen LogP contribution in [0.15, 0.2) is 18.2 Å². The van der Waals surface area contributed by atoms with Gasteiger partial charge in [0.15, 0.2) is 0 Å².